The summed E-state index contributed by atoms with van der Waals surface area (Å²) < 4.78 is 26.4. The Morgan fingerprint density at radius 3 is 1.83 bits per heavy atom. The number of aromatic hydroxyl groups is 1. The van der Waals surface area contributed by atoms with E-state index in [0.717, 1.165) is 5.56 Å². The molecule has 4 nitrogen and oxygen atoms in total. The number of benzene rings is 3. The monoisotopic (exact) mass is 413 g/mol. The van der Waals surface area contributed by atoms with Crippen LogP contribution in [0.5, 0.6) is 5.75 Å². The van der Waals surface area contributed by atoms with E-state index in [-0.39, 0.29) is 36.0 Å². The van der Waals surface area contributed by atoms with Crippen LogP contribution < -0.4 is 5.32 Å². The van der Waals surface area contributed by atoms with Crippen LogP contribution in [0, 0.1) is 17.6 Å². The standard InChI is InChI=1S/C24H25F2NO3/c25-19-6-1-16(2-7-19)23(30)14-5-18(15-28)24(17-3-12-22(29)13-4-17)27-21-10-8-20(26)9-11-21/h1-4,6-13,18,23-24,27-30H,5,14-15H2/t18-,23?,24+/m0/s1. The quantitative estimate of drug-likeness (QED) is 0.401. The Hall–Kier alpha value is -2.96. The molecule has 0 radical (unpaired) electrons. The van der Waals surface area contributed by atoms with Crippen LogP contribution in [-0.2, 0) is 0 Å². The lowest BCUT2D eigenvalue weighted by Gasteiger charge is -2.29. The number of phenols is 1. The molecule has 0 saturated carbocycles. The number of aliphatic hydroxyl groups is 2. The van der Waals surface area contributed by atoms with Gasteiger partial charge in [-0.3, -0.25) is 0 Å². The summed E-state index contributed by atoms with van der Waals surface area (Å²) in [5.74, 6) is -0.848. The van der Waals surface area contributed by atoms with Gasteiger partial charge in [-0.2, -0.15) is 0 Å². The number of hydrogen-bond donors (Lipinski definition) is 4. The number of phenolic OH excluding ortho intramolecular Hbond substituents is 1. The molecule has 0 heterocycles. The first-order valence-corrected chi connectivity index (χ1v) is 9.81. The summed E-state index contributed by atoms with van der Waals surface area (Å²) in [7, 11) is 0. The van der Waals surface area contributed by atoms with Gasteiger partial charge in [0.25, 0.3) is 0 Å². The average molecular weight is 413 g/mol. The zero-order valence-electron chi connectivity index (χ0n) is 16.4. The van der Waals surface area contributed by atoms with Crippen molar-refractivity contribution in [2.24, 2.45) is 5.92 Å². The van der Waals surface area contributed by atoms with E-state index in [1.54, 1.807) is 48.5 Å². The highest BCUT2D eigenvalue weighted by Gasteiger charge is 2.24. The van der Waals surface area contributed by atoms with Crippen LogP contribution in [0.25, 0.3) is 0 Å². The van der Waals surface area contributed by atoms with Gasteiger partial charge in [-0.25, -0.2) is 8.78 Å². The van der Waals surface area contributed by atoms with Crippen molar-refractivity contribution in [2.45, 2.75) is 25.0 Å². The lowest BCUT2D eigenvalue weighted by Crippen LogP contribution is -2.24. The van der Waals surface area contributed by atoms with Crippen LogP contribution in [-0.4, -0.2) is 21.9 Å². The molecule has 30 heavy (non-hydrogen) atoms. The topological polar surface area (TPSA) is 72.7 Å². The molecule has 4 N–H and O–H groups in total. The Bertz CT molecular complexity index is 915. The molecule has 3 aromatic rings. The summed E-state index contributed by atoms with van der Waals surface area (Å²) in [6, 6.07) is 17.9. The first-order chi connectivity index (χ1) is 14.5. The average Bonchev–Trinajstić information content (AvgIpc) is 2.75. The largest absolute Gasteiger partial charge is 0.508 e. The molecule has 0 bridgehead atoms. The molecular formula is C24H25F2NO3. The van der Waals surface area contributed by atoms with E-state index in [1.807, 2.05) is 0 Å². The maximum Gasteiger partial charge on any atom is 0.123 e. The molecule has 3 aromatic carbocycles. The number of rotatable bonds is 9. The van der Waals surface area contributed by atoms with Crippen molar-refractivity contribution in [2.75, 3.05) is 11.9 Å². The van der Waals surface area contributed by atoms with Crippen molar-refractivity contribution < 1.29 is 24.1 Å². The van der Waals surface area contributed by atoms with Crippen molar-refractivity contribution in [3.8, 4) is 5.75 Å². The van der Waals surface area contributed by atoms with Gasteiger partial charge in [-0.15, -0.1) is 0 Å². The summed E-state index contributed by atoms with van der Waals surface area (Å²) in [5.41, 5.74) is 2.14. The van der Waals surface area contributed by atoms with E-state index < -0.39 is 6.10 Å². The number of anilines is 1. The van der Waals surface area contributed by atoms with Crippen LogP contribution in [0.1, 0.15) is 36.1 Å². The smallest absolute Gasteiger partial charge is 0.123 e. The second kappa shape index (κ2) is 10.2. The molecule has 1 unspecified atom stereocenters. The third-order valence-corrected chi connectivity index (χ3v) is 5.19. The molecule has 0 aliphatic rings. The van der Waals surface area contributed by atoms with E-state index >= 15 is 0 Å². The molecule has 3 rings (SSSR count). The van der Waals surface area contributed by atoms with Crippen LogP contribution in [0.3, 0.4) is 0 Å². The van der Waals surface area contributed by atoms with Crippen molar-refractivity contribution >= 4 is 5.69 Å². The Balaban J connectivity index is 1.77. The summed E-state index contributed by atoms with van der Waals surface area (Å²) in [6.45, 7) is -0.143. The Kier molecular flexibility index (Phi) is 7.38. The van der Waals surface area contributed by atoms with Crippen molar-refractivity contribution in [3.63, 3.8) is 0 Å². The van der Waals surface area contributed by atoms with E-state index in [4.69, 9.17) is 0 Å². The van der Waals surface area contributed by atoms with E-state index in [0.29, 0.717) is 24.1 Å². The molecule has 0 spiro atoms. The van der Waals surface area contributed by atoms with Gasteiger partial charge in [0.05, 0.1) is 12.1 Å². The van der Waals surface area contributed by atoms with Crippen LogP contribution in [0.4, 0.5) is 14.5 Å². The predicted octanol–water partition coefficient (Wildman–Crippen LogP) is 4.95. The molecule has 3 atom stereocenters. The summed E-state index contributed by atoms with van der Waals surface area (Å²) in [6.07, 6.45) is 0.0663. The van der Waals surface area contributed by atoms with Crippen LogP contribution >= 0.6 is 0 Å². The summed E-state index contributed by atoms with van der Waals surface area (Å²) >= 11 is 0. The SMILES string of the molecule is OC[C@H](CCC(O)c1ccc(F)cc1)[C@H](Nc1ccc(F)cc1)c1ccc(O)cc1. The van der Waals surface area contributed by atoms with E-state index in [2.05, 4.69) is 5.32 Å². The molecule has 0 aliphatic carbocycles. The van der Waals surface area contributed by atoms with E-state index in [1.165, 1.54) is 24.3 Å². The minimum Gasteiger partial charge on any atom is -0.508 e. The third-order valence-electron chi connectivity index (χ3n) is 5.19. The molecule has 0 saturated heterocycles. The van der Waals surface area contributed by atoms with Gasteiger partial charge in [-0.1, -0.05) is 24.3 Å². The summed E-state index contributed by atoms with van der Waals surface area (Å²) in [5, 5.41) is 33.5. The number of hydrogen-bond acceptors (Lipinski definition) is 4. The first kappa shape index (κ1) is 21.7. The van der Waals surface area contributed by atoms with Crippen molar-refractivity contribution in [1.82, 2.24) is 0 Å². The second-order valence-corrected chi connectivity index (χ2v) is 7.31. The highest BCUT2D eigenvalue weighted by molar-refractivity contribution is 5.46. The van der Waals surface area contributed by atoms with Crippen molar-refractivity contribution in [3.05, 3.63) is 95.6 Å². The van der Waals surface area contributed by atoms with E-state index in [9.17, 15) is 24.1 Å². The minimum atomic E-state index is -0.786. The van der Waals surface area contributed by atoms with Crippen LogP contribution in [0.2, 0.25) is 0 Å². The molecular weight excluding hydrogens is 388 g/mol. The van der Waals surface area contributed by atoms with Gasteiger partial charge in [0.2, 0.25) is 0 Å². The number of aliphatic hydroxyl groups excluding tert-OH is 2. The highest BCUT2D eigenvalue weighted by atomic mass is 19.1. The van der Waals surface area contributed by atoms with Gasteiger partial charge >= 0.3 is 0 Å². The molecule has 0 aliphatic heterocycles. The first-order valence-electron chi connectivity index (χ1n) is 9.81. The fourth-order valence-corrected chi connectivity index (χ4v) is 3.47. The number of nitrogens with one attached hydrogen (secondary N) is 1. The highest BCUT2D eigenvalue weighted by Crippen LogP contribution is 2.33. The van der Waals surface area contributed by atoms with Gasteiger partial charge in [0.15, 0.2) is 0 Å². The molecule has 0 fully saturated rings. The predicted molar refractivity (Wildman–Crippen MR) is 112 cm³/mol. The Morgan fingerprint density at radius 2 is 1.27 bits per heavy atom. The van der Waals surface area contributed by atoms with Gasteiger partial charge < -0.3 is 20.6 Å². The normalized spacial score (nSPS) is 14.1. The fourth-order valence-electron chi connectivity index (χ4n) is 3.47. The lowest BCUT2D eigenvalue weighted by atomic mass is 9.87. The Morgan fingerprint density at radius 1 is 0.733 bits per heavy atom. The van der Waals surface area contributed by atoms with Crippen LogP contribution in [0.15, 0.2) is 72.8 Å². The molecule has 0 aromatic heterocycles. The zero-order valence-corrected chi connectivity index (χ0v) is 16.4. The summed E-state index contributed by atoms with van der Waals surface area (Å²) in [4.78, 5) is 0. The van der Waals surface area contributed by atoms with Crippen molar-refractivity contribution in [1.29, 1.82) is 0 Å². The minimum absolute atomic E-state index is 0.131. The maximum atomic E-state index is 13.3. The lowest BCUT2D eigenvalue weighted by molar-refractivity contribution is 0.136. The van der Waals surface area contributed by atoms with Gasteiger partial charge in [-0.05, 0) is 72.5 Å². The molecule has 6 heteroatoms. The second-order valence-electron chi connectivity index (χ2n) is 7.31. The third kappa shape index (κ3) is 5.78. The maximum absolute atomic E-state index is 13.3. The fraction of sp³-hybridized carbons (Fsp3) is 0.250. The Labute approximate surface area is 174 Å². The molecule has 158 valence electrons. The number of halogens is 2. The zero-order chi connectivity index (χ0) is 21.5. The van der Waals surface area contributed by atoms with Gasteiger partial charge in [0.1, 0.15) is 17.4 Å². The molecule has 0 amide bonds. The van der Waals surface area contributed by atoms with Gasteiger partial charge in [0, 0.05) is 18.2 Å².